The molecule has 2 N–H and O–H groups in total. The van der Waals surface area contributed by atoms with E-state index in [2.05, 4.69) is 10.3 Å². The summed E-state index contributed by atoms with van der Waals surface area (Å²) in [5.41, 5.74) is 0.927. The zero-order chi connectivity index (χ0) is 13.8. The number of nitrogens with one attached hydrogen (secondary N) is 1. The lowest BCUT2D eigenvalue weighted by Crippen LogP contribution is -2.12. The first kappa shape index (κ1) is 12.9. The van der Waals surface area contributed by atoms with E-state index in [1.165, 1.54) is 30.6 Å². The van der Waals surface area contributed by atoms with Gasteiger partial charge in [0.2, 0.25) is 0 Å². The topological polar surface area (TPSA) is 86.0 Å². The van der Waals surface area contributed by atoms with Crippen molar-refractivity contribution in [3.8, 4) is 11.8 Å². The van der Waals surface area contributed by atoms with E-state index in [0.717, 1.165) is 0 Å². The van der Waals surface area contributed by atoms with E-state index >= 15 is 0 Å². The molecule has 0 fully saturated rings. The van der Waals surface area contributed by atoms with Gasteiger partial charge in [-0.05, 0) is 24.3 Å². The molecule has 2 rings (SSSR count). The average Bonchev–Trinajstić information content (AvgIpc) is 2.41. The van der Waals surface area contributed by atoms with Crippen molar-refractivity contribution in [1.29, 1.82) is 5.26 Å². The Bertz CT molecular complexity index is 680. The van der Waals surface area contributed by atoms with E-state index in [4.69, 9.17) is 16.9 Å². The molecule has 2 aromatic rings. The number of anilines is 1. The lowest BCUT2D eigenvalue weighted by atomic mass is 10.2. The Balaban J connectivity index is 2.22. The SMILES string of the molecule is N#Cc1cc(NC(=O)c2cncc(O)c2)ccc1Cl. The van der Waals surface area contributed by atoms with Crippen molar-refractivity contribution in [2.75, 3.05) is 5.32 Å². The van der Waals surface area contributed by atoms with Crippen molar-refractivity contribution in [2.45, 2.75) is 0 Å². The summed E-state index contributed by atoms with van der Waals surface area (Å²) in [7, 11) is 0. The molecule has 0 saturated heterocycles. The number of nitriles is 1. The highest BCUT2D eigenvalue weighted by Gasteiger charge is 2.08. The second-order valence-corrected chi connectivity index (χ2v) is 4.10. The maximum Gasteiger partial charge on any atom is 0.257 e. The maximum atomic E-state index is 11.9. The molecule has 1 aromatic heterocycles. The molecule has 19 heavy (non-hydrogen) atoms. The molecular formula is C13H8ClN3O2. The van der Waals surface area contributed by atoms with E-state index in [0.29, 0.717) is 10.7 Å². The number of pyridine rings is 1. The summed E-state index contributed by atoms with van der Waals surface area (Å²) in [6.07, 6.45) is 2.56. The third-order valence-corrected chi connectivity index (χ3v) is 2.66. The highest BCUT2D eigenvalue weighted by Crippen LogP contribution is 2.20. The van der Waals surface area contributed by atoms with Crippen LogP contribution in [0.4, 0.5) is 5.69 Å². The molecule has 1 aromatic carbocycles. The number of halogens is 1. The second kappa shape index (κ2) is 5.38. The van der Waals surface area contributed by atoms with Crippen LogP contribution in [0.15, 0.2) is 36.7 Å². The third kappa shape index (κ3) is 3.00. The molecule has 6 heteroatoms. The van der Waals surface area contributed by atoms with Crippen molar-refractivity contribution in [1.82, 2.24) is 4.98 Å². The van der Waals surface area contributed by atoms with Crippen LogP contribution in [-0.2, 0) is 0 Å². The molecule has 1 heterocycles. The number of rotatable bonds is 2. The summed E-state index contributed by atoms with van der Waals surface area (Å²) < 4.78 is 0. The zero-order valence-electron chi connectivity index (χ0n) is 9.59. The smallest absolute Gasteiger partial charge is 0.257 e. The number of aromatic hydroxyl groups is 1. The Morgan fingerprint density at radius 2 is 2.16 bits per heavy atom. The maximum absolute atomic E-state index is 11.9. The third-order valence-electron chi connectivity index (χ3n) is 2.33. The van der Waals surface area contributed by atoms with E-state index < -0.39 is 5.91 Å². The Kier molecular flexibility index (Phi) is 3.64. The number of amides is 1. The van der Waals surface area contributed by atoms with Crippen LogP contribution >= 0.6 is 11.6 Å². The van der Waals surface area contributed by atoms with Crippen LogP contribution in [0, 0.1) is 11.3 Å². The fourth-order valence-electron chi connectivity index (χ4n) is 1.44. The van der Waals surface area contributed by atoms with E-state index in [9.17, 15) is 9.90 Å². The van der Waals surface area contributed by atoms with Gasteiger partial charge in [-0.15, -0.1) is 0 Å². The molecule has 0 radical (unpaired) electrons. The average molecular weight is 274 g/mol. The summed E-state index contributed by atoms with van der Waals surface area (Å²) in [5.74, 6) is -0.531. The minimum atomic E-state index is -0.436. The van der Waals surface area contributed by atoms with Crippen LogP contribution in [0.2, 0.25) is 5.02 Å². The predicted octanol–water partition coefficient (Wildman–Crippen LogP) is 2.56. The van der Waals surface area contributed by atoms with Gasteiger partial charge in [0.25, 0.3) is 5.91 Å². The first-order valence-corrected chi connectivity index (χ1v) is 5.63. The molecular weight excluding hydrogens is 266 g/mol. The lowest BCUT2D eigenvalue weighted by molar-refractivity contribution is 0.102. The van der Waals surface area contributed by atoms with Crippen molar-refractivity contribution in [3.63, 3.8) is 0 Å². The van der Waals surface area contributed by atoms with Gasteiger partial charge in [-0.1, -0.05) is 11.6 Å². The predicted molar refractivity (Wildman–Crippen MR) is 70.0 cm³/mol. The van der Waals surface area contributed by atoms with Crippen molar-refractivity contribution in [3.05, 3.63) is 52.8 Å². The summed E-state index contributed by atoms with van der Waals surface area (Å²) in [6.45, 7) is 0. The Labute approximate surface area is 114 Å². The Morgan fingerprint density at radius 1 is 1.37 bits per heavy atom. The van der Waals surface area contributed by atoms with Gasteiger partial charge in [-0.25, -0.2) is 0 Å². The summed E-state index contributed by atoms with van der Waals surface area (Å²) >= 11 is 5.79. The van der Waals surface area contributed by atoms with Gasteiger partial charge < -0.3 is 10.4 Å². The molecule has 0 saturated carbocycles. The Hall–Kier alpha value is -2.58. The number of hydrogen-bond acceptors (Lipinski definition) is 4. The van der Waals surface area contributed by atoms with Crippen molar-refractivity contribution in [2.24, 2.45) is 0 Å². The summed E-state index contributed by atoms with van der Waals surface area (Å²) in [5, 5.41) is 21.0. The normalized spacial score (nSPS) is 9.68. The molecule has 0 unspecified atom stereocenters. The van der Waals surface area contributed by atoms with Gasteiger partial charge in [0.15, 0.2) is 0 Å². The van der Waals surface area contributed by atoms with Gasteiger partial charge in [0.1, 0.15) is 11.8 Å². The molecule has 0 bridgehead atoms. The second-order valence-electron chi connectivity index (χ2n) is 3.69. The van der Waals surface area contributed by atoms with Crippen LogP contribution in [0.25, 0.3) is 0 Å². The fourth-order valence-corrected chi connectivity index (χ4v) is 1.60. The lowest BCUT2D eigenvalue weighted by Gasteiger charge is -2.06. The standard InChI is InChI=1S/C13H8ClN3O2/c14-12-2-1-10(3-8(12)5-15)17-13(19)9-4-11(18)7-16-6-9/h1-4,6-7,18H,(H,17,19). The number of carbonyl (C=O) groups excluding carboxylic acids is 1. The highest BCUT2D eigenvalue weighted by atomic mass is 35.5. The molecule has 0 aliphatic carbocycles. The summed E-state index contributed by atoms with van der Waals surface area (Å²) in [6, 6.07) is 7.79. The minimum absolute atomic E-state index is 0.0959. The molecule has 0 spiro atoms. The zero-order valence-corrected chi connectivity index (χ0v) is 10.3. The van der Waals surface area contributed by atoms with Crippen LogP contribution in [0.5, 0.6) is 5.75 Å². The van der Waals surface area contributed by atoms with Gasteiger partial charge in [-0.3, -0.25) is 9.78 Å². The van der Waals surface area contributed by atoms with E-state index in [-0.39, 0.29) is 16.9 Å². The fraction of sp³-hybridized carbons (Fsp3) is 0. The van der Waals surface area contributed by atoms with Gasteiger partial charge >= 0.3 is 0 Å². The van der Waals surface area contributed by atoms with Crippen LogP contribution in [0.3, 0.4) is 0 Å². The van der Waals surface area contributed by atoms with Gasteiger partial charge in [-0.2, -0.15) is 5.26 Å². The largest absolute Gasteiger partial charge is 0.506 e. The number of carbonyl (C=O) groups is 1. The number of nitrogens with zero attached hydrogens (tertiary/aromatic N) is 2. The first-order valence-electron chi connectivity index (χ1n) is 5.25. The van der Waals surface area contributed by atoms with Crippen LogP contribution in [-0.4, -0.2) is 16.0 Å². The monoisotopic (exact) mass is 273 g/mol. The quantitative estimate of drug-likeness (QED) is 0.880. The molecule has 0 aliphatic rings. The number of benzene rings is 1. The minimum Gasteiger partial charge on any atom is -0.506 e. The van der Waals surface area contributed by atoms with Crippen molar-refractivity contribution < 1.29 is 9.90 Å². The first-order chi connectivity index (χ1) is 9.10. The number of hydrogen-bond donors (Lipinski definition) is 2. The van der Waals surface area contributed by atoms with Crippen LogP contribution in [0.1, 0.15) is 15.9 Å². The van der Waals surface area contributed by atoms with Gasteiger partial charge in [0, 0.05) is 11.9 Å². The molecule has 0 aliphatic heterocycles. The highest BCUT2D eigenvalue weighted by molar-refractivity contribution is 6.31. The molecule has 5 nitrogen and oxygen atoms in total. The van der Waals surface area contributed by atoms with Crippen LogP contribution < -0.4 is 5.32 Å². The van der Waals surface area contributed by atoms with E-state index in [1.807, 2.05) is 6.07 Å². The molecule has 0 atom stereocenters. The van der Waals surface area contributed by atoms with Crippen molar-refractivity contribution >= 4 is 23.2 Å². The van der Waals surface area contributed by atoms with Gasteiger partial charge in [0.05, 0.1) is 22.3 Å². The molecule has 1 amide bonds. The molecule has 94 valence electrons. The number of aromatic nitrogens is 1. The van der Waals surface area contributed by atoms with E-state index in [1.54, 1.807) is 6.07 Å². The summed E-state index contributed by atoms with van der Waals surface area (Å²) in [4.78, 5) is 15.6. The Morgan fingerprint density at radius 3 is 2.84 bits per heavy atom.